The molecule has 350 valence electrons. The van der Waals surface area contributed by atoms with Gasteiger partial charge in [-0.05, 0) is 75.0 Å². The fourth-order valence-electron chi connectivity index (χ4n) is 6.37. The molecule has 2 aromatic carbocycles. The zero-order valence-corrected chi connectivity index (χ0v) is 41.5. The molecule has 0 unspecified atom stereocenters. The number of fused-ring (bicyclic) bond motifs is 2. The minimum Gasteiger partial charge on any atom is -0.494 e. The van der Waals surface area contributed by atoms with Gasteiger partial charge in [-0.3, -0.25) is 9.11 Å². The molecule has 29 heteroatoms. The number of hydrogen-bond donors (Lipinski definition) is 5. The lowest BCUT2D eigenvalue weighted by atomic mass is 10.2. The maximum Gasteiger partial charge on any atom is 0.304 e. The van der Waals surface area contributed by atoms with E-state index in [1.54, 1.807) is 12.1 Å². The molecule has 0 atom stereocenters. The number of azo groups is 2. The van der Waals surface area contributed by atoms with E-state index in [4.69, 9.17) is 14.5 Å². The number of aliphatic hydroxyl groups is 1. The molecule has 66 heavy (non-hydrogen) atoms. The summed E-state index contributed by atoms with van der Waals surface area (Å²) in [6.07, 6.45) is 0. The van der Waals surface area contributed by atoms with Gasteiger partial charge in [0.25, 0.3) is 0 Å². The average molecular weight is 1040 g/mol. The summed E-state index contributed by atoms with van der Waals surface area (Å²) in [7, 11) is -5.84. The van der Waals surface area contributed by atoms with Crippen LogP contribution in [-0.2, 0) is 20.2 Å². The van der Waals surface area contributed by atoms with Gasteiger partial charge >= 0.3 is 20.2 Å². The molecule has 0 fully saturated rings. The lowest BCUT2D eigenvalue weighted by Gasteiger charge is -2.25. The zero-order valence-electron chi connectivity index (χ0n) is 35.8. The van der Waals surface area contributed by atoms with Gasteiger partial charge in [-0.2, -0.15) is 40.5 Å². The molecule has 0 aliphatic carbocycles. The molecule has 5 aromatic heterocycles. The lowest BCUT2D eigenvalue weighted by Crippen LogP contribution is -2.22. The van der Waals surface area contributed by atoms with Crippen LogP contribution in [0.15, 0.2) is 70.4 Å². The molecule has 7 aromatic rings. The largest absolute Gasteiger partial charge is 0.494 e. The summed E-state index contributed by atoms with van der Waals surface area (Å²) in [6.45, 7) is 10.5. The van der Waals surface area contributed by atoms with E-state index in [-0.39, 0.29) is 37.8 Å². The normalized spacial score (nSPS) is 12.3. The number of aromatic nitrogens is 5. The Morgan fingerprint density at radius 1 is 0.652 bits per heavy atom. The molecule has 0 saturated heterocycles. The topological polar surface area (TPSA) is 292 Å². The van der Waals surface area contributed by atoms with E-state index >= 15 is 0 Å². The number of nitrogens with one attached hydrogen (secondary N) is 2. The summed E-state index contributed by atoms with van der Waals surface area (Å²) in [6, 6.07) is 9.62. The SMILES string of the molecule is CCN(CC)c1cc(Nc2nc(Nc3cc(N(CC)CC)c(OC)cc3N=Nc3snc4sc(S(=O)(=O)O)cc34)nc(SCCO)n2)c(N=Nc2snc3sc(S(=O)(=O)O)cc23)cc1OC. The van der Waals surface area contributed by atoms with E-state index in [2.05, 4.69) is 59.6 Å². The average Bonchev–Trinajstić information content (AvgIpc) is 4.09. The minimum atomic E-state index is -4.46. The number of benzene rings is 2. The van der Waals surface area contributed by atoms with Crippen molar-refractivity contribution in [2.24, 2.45) is 20.5 Å². The first-order valence-corrected chi connectivity index (χ1v) is 26.7. The maximum atomic E-state index is 11.9. The highest BCUT2D eigenvalue weighted by molar-refractivity contribution is 7.99. The van der Waals surface area contributed by atoms with Gasteiger partial charge in [0.1, 0.15) is 41.0 Å². The van der Waals surface area contributed by atoms with Gasteiger partial charge in [0.05, 0.1) is 54.3 Å². The van der Waals surface area contributed by atoms with Crippen LogP contribution in [0.2, 0.25) is 0 Å². The first-order chi connectivity index (χ1) is 31.6. The van der Waals surface area contributed by atoms with E-state index in [1.807, 2.05) is 39.8 Å². The second kappa shape index (κ2) is 20.7. The van der Waals surface area contributed by atoms with E-state index < -0.39 is 20.2 Å². The van der Waals surface area contributed by atoms with Crippen molar-refractivity contribution in [2.45, 2.75) is 41.3 Å². The Hall–Kier alpha value is -5.24. The van der Waals surface area contributed by atoms with Crippen LogP contribution in [0.1, 0.15) is 27.7 Å². The second-order valence-electron chi connectivity index (χ2n) is 13.4. The first kappa shape index (κ1) is 48.7. The van der Waals surface area contributed by atoms with Gasteiger partial charge in [0.2, 0.25) is 11.9 Å². The molecule has 5 N–H and O–H groups in total. The van der Waals surface area contributed by atoms with Crippen molar-refractivity contribution in [1.29, 1.82) is 0 Å². The molecule has 5 heterocycles. The number of thiophene rings is 2. The number of aliphatic hydroxyl groups excluding tert-OH is 1. The van der Waals surface area contributed by atoms with Gasteiger partial charge in [0.15, 0.2) is 15.2 Å². The fraction of sp³-hybridized carbons (Fsp3) is 0.324. The Balaban J connectivity index is 1.32. The van der Waals surface area contributed by atoms with E-state index in [1.165, 1.54) is 38.1 Å². The summed E-state index contributed by atoms with van der Waals surface area (Å²) in [4.78, 5) is 19.0. The fourth-order valence-corrected chi connectivity index (χ4v) is 11.9. The van der Waals surface area contributed by atoms with E-state index in [9.17, 15) is 31.0 Å². The van der Waals surface area contributed by atoms with Gasteiger partial charge in [0, 0.05) is 44.1 Å². The smallest absolute Gasteiger partial charge is 0.304 e. The third-order valence-corrected chi connectivity index (χ3v) is 16.7. The molecule has 0 aliphatic rings. The minimum absolute atomic E-state index is 0.0793. The molecule has 7 rings (SSSR count). The number of methoxy groups -OCH3 is 2. The second-order valence-corrected chi connectivity index (χ2v) is 21.3. The predicted molar refractivity (Wildman–Crippen MR) is 260 cm³/mol. The maximum absolute atomic E-state index is 11.9. The summed E-state index contributed by atoms with van der Waals surface area (Å²) < 4.78 is 86.4. The number of thioether (sulfide) groups is 1. The molecule has 0 saturated carbocycles. The van der Waals surface area contributed by atoms with Gasteiger partial charge < -0.3 is 35.0 Å². The third kappa shape index (κ3) is 10.8. The number of rotatable bonds is 21. The van der Waals surface area contributed by atoms with Gasteiger partial charge in [-0.1, -0.05) is 11.8 Å². The number of ether oxygens (including phenoxy) is 2. The summed E-state index contributed by atoms with van der Waals surface area (Å²) in [5.74, 6) is 1.42. The highest BCUT2D eigenvalue weighted by atomic mass is 32.3. The van der Waals surface area contributed by atoms with Crippen LogP contribution >= 0.6 is 57.5 Å². The quantitative estimate of drug-likeness (QED) is 0.0254. The molecular weight excluding hydrogens is 995 g/mol. The van der Waals surface area contributed by atoms with Crippen molar-refractivity contribution in [2.75, 3.05) is 73.2 Å². The molecule has 0 aliphatic heterocycles. The number of nitrogens with zero attached hydrogens (tertiary/aromatic N) is 11. The summed E-state index contributed by atoms with van der Waals surface area (Å²) >= 11 is 4.84. The molecule has 0 spiro atoms. The van der Waals surface area contributed by atoms with E-state index in [0.29, 0.717) is 90.9 Å². The Labute approximate surface area is 398 Å². The van der Waals surface area contributed by atoms with Crippen molar-refractivity contribution in [1.82, 2.24) is 23.7 Å². The molecular formula is C37H41N13O9S7. The third-order valence-electron chi connectivity index (χ3n) is 9.51. The zero-order chi connectivity index (χ0) is 47.3. The number of anilines is 6. The highest BCUT2D eigenvalue weighted by Crippen LogP contribution is 2.45. The van der Waals surface area contributed by atoms with Crippen LogP contribution in [-0.4, -0.2) is 108 Å². The Kier molecular flexibility index (Phi) is 15.3. The lowest BCUT2D eigenvalue weighted by molar-refractivity contribution is 0.322. The van der Waals surface area contributed by atoms with Crippen LogP contribution in [0.4, 0.5) is 56.0 Å². The van der Waals surface area contributed by atoms with Crippen LogP contribution in [0.5, 0.6) is 11.5 Å². The first-order valence-electron chi connectivity index (χ1n) is 19.7. The Morgan fingerprint density at radius 3 is 1.44 bits per heavy atom. The van der Waals surface area contributed by atoms with Gasteiger partial charge in [-0.15, -0.1) is 43.1 Å². The van der Waals surface area contributed by atoms with Crippen LogP contribution < -0.4 is 29.9 Å². The Bertz CT molecular complexity index is 2960. The standard InChI is InChI=1S/C37H41N13O9S7/c1-7-49(8-2)25-15-21(23(17-27(25)58-5)43-45-31-19-13-29(65(52,53)54)61-33(19)47-63-31)38-35-40-36(42-37(41-35)60-12-11-51)39-22-16-26(50(9-3)10-4)28(59-6)18-24(22)44-46-32-20-14-30(66(55,56)57)62-34(20)48-64-32/h13-18,51H,7-12H2,1-6H3,(H,52,53,54)(H,55,56,57)(H2,38,39,40,41,42). The number of hydrogen-bond acceptors (Lipinski definition) is 25. The van der Waals surface area contributed by atoms with Crippen molar-refractivity contribution in [3.63, 3.8) is 0 Å². The van der Waals surface area contributed by atoms with Crippen molar-refractivity contribution in [3.05, 3.63) is 36.4 Å². The van der Waals surface area contributed by atoms with Crippen molar-refractivity contribution >= 4 is 154 Å². The molecule has 0 bridgehead atoms. The van der Waals surface area contributed by atoms with Crippen molar-refractivity contribution < 1.29 is 40.5 Å². The van der Waals surface area contributed by atoms with Crippen LogP contribution in [0.3, 0.4) is 0 Å². The summed E-state index contributed by atoms with van der Waals surface area (Å²) in [5, 5.41) is 36.0. The van der Waals surface area contributed by atoms with Crippen LogP contribution in [0, 0.1) is 0 Å². The van der Waals surface area contributed by atoms with Crippen molar-refractivity contribution in [3.8, 4) is 11.5 Å². The highest BCUT2D eigenvalue weighted by Gasteiger charge is 2.23. The monoisotopic (exact) mass is 1040 g/mol. The molecule has 0 radical (unpaired) electrons. The molecule has 22 nitrogen and oxygen atoms in total. The van der Waals surface area contributed by atoms with E-state index in [0.717, 1.165) is 57.1 Å². The predicted octanol–water partition coefficient (Wildman–Crippen LogP) is 9.82. The van der Waals surface area contributed by atoms with Crippen LogP contribution in [0.25, 0.3) is 20.4 Å². The summed E-state index contributed by atoms with van der Waals surface area (Å²) in [5.41, 5.74) is 2.86. The van der Waals surface area contributed by atoms with Gasteiger partial charge in [-0.25, -0.2) is 0 Å². The molecule has 0 amide bonds. The Morgan fingerprint density at radius 2 is 1.08 bits per heavy atom.